The standard InChI is InChI=1S/C12H12N2O5S/c15-14(16)10-3-5-12(6-4-10)20(17,18)13-8-7-11-2-1-9-19-11/h1-6,9,13H,7-8H2. The van der Waals surface area contributed by atoms with E-state index in [1.165, 1.54) is 18.4 Å². The number of hydrogen-bond donors (Lipinski definition) is 1. The number of nitrogens with one attached hydrogen (secondary N) is 1. The molecule has 0 saturated heterocycles. The smallest absolute Gasteiger partial charge is 0.269 e. The maximum Gasteiger partial charge on any atom is 0.269 e. The molecule has 0 fully saturated rings. The second kappa shape index (κ2) is 5.85. The van der Waals surface area contributed by atoms with Crippen molar-refractivity contribution in [2.45, 2.75) is 11.3 Å². The van der Waals surface area contributed by atoms with E-state index in [-0.39, 0.29) is 17.1 Å². The van der Waals surface area contributed by atoms with Gasteiger partial charge in [0.2, 0.25) is 10.0 Å². The normalized spacial score (nSPS) is 11.4. The van der Waals surface area contributed by atoms with Gasteiger partial charge in [-0.2, -0.15) is 0 Å². The second-order valence-corrected chi connectivity index (χ2v) is 5.75. The summed E-state index contributed by atoms with van der Waals surface area (Å²) in [4.78, 5) is 9.90. The Bertz CT molecular complexity index is 677. The predicted octanol–water partition coefficient (Wildman–Crippen LogP) is 1.71. The molecule has 20 heavy (non-hydrogen) atoms. The molecular formula is C12H12N2O5S. The highest BCUT2D eigenvalue weighted by Crippen LogP contribution is 2.15. The molecule has 1 N–H and O–H groups in total. The molecule has 2 aromatic rings. The molecule has 1 aromatic heterocycles. The van der Waals surface area contributed by atoms with Gasteiger partial charge in [-0.3, -0.25) is 10.1 Å². The Morgan fingerprint density at radius 3 is 2.45 bits per heavy atom. The average molecular weight is 296 g/mol. The van der Waals surface area contributed by atoms with Crippen molar-refractivity contribution in [3.63, 3.8) is 0 Å². The Kier molecular flexibility index (Phi) is 4.16. The summed E-state index contributed by atoms with van der Waals surface area (Å²) in [7, 11) is -3.67. The van der Waals surface area contributed by atoms with Crippen molar-refractivity contribution in [3.8, 4) is 0 Å². The van der Waals surface area contributed by atoms with Crippen molar-refractivity contribution < 1.29 is 17.8 Å². The molecule has 0 spiro atoms. The van der Waals surface area contributed by atoms with Crippen LogP contribution in [0, 0.1) is 10.1 Å². The van der Waals surface area contributed by atoms with Crippen molar-refractivity contribution in [3.05, 3.63) is 58.5 Å². The zero-order valence-electron chi connectivity index (χ0n) is 10.4. The molecule has 0 atom stereocenters. The maximum atomic E-state index is 11.9. The fourth-order valence-electron chi connectivity index (χ4n) is 1.59. The number of nitrogens with zero attached hydrogens (tertiary/aromatic N) is 1. The lowest BCUT2D eigenvalue weighted by molar-refractivity contribution is -0.384. The van der Waals surface area contributed by atoms with Crippen LogP contribution in [0.2, 0.25) is 0 Å². The average Bonchev–Trinajstić information content (AvgIpc) is 2.92. The molecule has 1 heterocycles. The second-order valence-electron chi connectivity index (χ2n) is 3.98. The lowest BCUT2D eigenvalue weighted by Crippen LogP contribution is -2.25. The first-order valence-corrected chi connectivity index (χ1v) is 7.24. The Balaban J connectivity index is 2.00. The van der Waals surface area contributed by atoms with Crippen LogP contribution in [0.1, 0.15) is 5.76 Å². The van der Waals surface area contributed by atoms with E-state index in [1.807, 2.05) is 0 Å². The summed E-state index contributed by atoms with van der Waals surface area (Å²) in [5, 5.41) is 10.5. The third-order valence-electron chi connectivity index (χ3n) is 2.60. The maximum absolute atomic E-state index is 11.9. The van der Waals surface area contributed by atoms with Gasteiger partial charge in [0.05, 0.1) is 16.1 Å². The molecule has 0 saturated carbocycles. The molecule has 2 rings (SSSR count). The number of hydrogen-bond acceptors (Lipinski definition) is 5. The molecular weight excluding hydrogens is 284 g/mol. The lowest BCUT2D eigenvalue weighted by Gasteiger charge is -2.05. The minimum absolute atomic E-state index is 0.0115. The van der Waals surface area contributed by atoms with Gasteiger partial charge in [-0.25, -0.2) is 13.1 Å². The van der Waals surface area contributed by atoms with Crippen LogP contribution in [0.3, 0.4) is 0 Å². The summed E-state index contributed by atoms with van der Waals surface area (Å²) in [6, 6.07) is 8.18. The van der Waals surface area contributed by atoms with E-state index in [0.717, 1.165) is 12.1 Å². The Labute approximate surface area is 115 Å². The van der Waals surface area contributed by atoms with Crippen LogP contribution in [0.25, 0.3) is 0 Å². The van der Waals surface area contributed by atoms with E-state index in [0.29, 0.717) is 12.2 Å². The third-order valence-corrected chi connectivity index (χ3v) is 4.08. The zero-order valence-corrected chi connectivity index (χ0v) is 11.2. The van der Waals surface area contributed by atoms with E-state index >= 15 is 0 Å². The first-order chi connectivity index (χ1) is 9.49. The van der Waals surface area contributed by atoms with Crippen LogP contribution in [0.15, 0.2) is 52.0 Å². The van der Waals surface area contributed by atoms with Gasteiger partial charge in [0.1, 0.15) is 5.76 Å². The Hall–Kier alpha value is -2.19. The minimum Gasteiger partial charge on any atom is -0.469 e. The number of nitro benzene ring substituents is 1. The van der Waals surface area contributed by atoms with Gasteiger partial charge >= 0.3 is 0 Å². The fourth-order valence-corrected chi connectivity index (χ4v) is 2.63. The van der Waals surface area contributed by atoms with Gasteiger partial charge < -0.3 is 4.42 Å². The Morgan fingerprint density at radius 1 is 1.20 bits per heavy atom. The third kappa shape index (κ3) is 3.43. The van der Waals surface area contributed by atoms with E-state index in [1.54, 1.807) is 12.1 Å². The van der Waals surface area contributed by atoms with Crippen LogP contribution >= 0.6 is 0 Å². The van der Waals surface area contributed by atoms with Crippen molar-refractivity contribution in [2.75, 3.05) is 6.54 Å². The van der Waals surface area contributed by atoms with Crippen molar-refractivity contribution in [1.82, 2.24) is 4.72 Å². The van der Waals surface area contributed by atoms with E-state index in [4.69, 9.17) is 4.42 Å². The molecule has 8 heteroatoms. The molecule has 106 valence electrons. The van der Waals surface area contributed by atoms with E-state index in [2.05, 4.69) is 4.72 Å². The molecule has 0 bridgehead atoms. The van der Waals surface area contributed by atoms with E-state index in [9.17, 15) is 18.5 Å². The quantitative estimate of drug-likeness (QED) is 0.645. The Morgan fingerprint density at radius 2 is 1.90 bits per heavy atom. The van der Waals surface area contributed by atoms with Gasteiger partial charge in [0.25, 0.3) is 5.69 Å². The van der Waals surface area contributed by atoms with E-state index < -0.39 is 14.9 Å². The lowest BCUT2D eigenvalue weighted by atomic mass is 10.3. The van der Waals surface area contributed by atoms with Gasteiger partial charge in [-0.15, -0.1) is 0 Å². The number of non-ortho nitro benzene ring substituents is 1. The van der Waals surface area contributed by atoms with Crippen LogP contribution < -0.4 is 4.72 Å². The molecule has 0 aliphatic carbocycles. The summed E-state index contributed by atoms with van der Waals surface area (Å²) in [6.07, 6.45) is 1.94. The number of benzene rings is 1. The molecule has 0 aliphatic rings. The van der Waals surface area contributed by atoms with Gasteiger partial charge in [0.15, 0.2) is 0 Å². The summed E-state index contributed by atoms with van der Waals surface area (Å²) >= 11 is 0. The summed E-state index contributed by atoms with van der Waals surface area (Å²) in [5.41, 5.74) is -0.153. The number of rotatable bonds is 6. The van der Waals surface area contributed by atoms with Crippen LogP contribution in [-0.2, 0) is 16.4 Å². The molecule has 7 nitrogen and oxygen atoms in total. The van der Waals surface area contributed by atoms with Crippen molar-refractivity contribution >= 4 is 15.7 Å². The summed E-state index contributed by atoms with van der Waals surface area (Å²) in [5.74, 6) is 0.677. The fraction of sp³-hybridized carbons (Fsp3) is 0.167. The highest BCUT2D eigenvalue weighted by molar-refractivity contribution is 7.89. The minimum atomic E-state index is -3.67. The largest absolute Gasteiger partial charge is 0.469 e. The van der Waals surface area contributed by atoms with Crippen LogP contribution in [0.5, 0.6) is 0 Å². The highest BCUT2D eigenvalue weighted by Gasteiger charge is 2.15. The first-order valence-electron chi connectivity index (χ1n) is 5.75. The first kappa shape index (κ1) is 14.2. The number of furan rings is 1. The molecule has 0 radical (unpaired) electrons. The molecule has 0 amide bonds. The van der Waals surface area contributed by atoms with Crippen molar-refractivity contribution in [1.29, 1.82) is 0 Å². The molecule has 1 aromatic carbocycles. The summed E-state index contributed by atoms with van der Waals surface area (Å²) < 4.78 is 31.4. The predicted molar refractivity (Wildman–Crippen MR) is 70.7 cm³/mol. The summed E-state index contributed by atoms with van der Waals surface area (Å²) in [6.45, 7) is 0.187. The van der Waals surface area contributed by atoms with Crippen molar-refractivity contribution in [2.24, 2.45) is 0 Å². The highest BCUT2D eigenvalue weighted by atomic mass is 32.2. The SMILES string of the molecule is O=[N+]([O-])c1ccc(S(=O)(=O)NCCc2ccco2)cc1. The molecule has 0 unspecified atom stereocenters. The van der Waals surface area contributed by atoms with Gasteiger partial charge in [-0.05, 0) is 24.3 Å². The molecule has 0 aliphatic heterocycles. The van der Waals surface area contributed by atoms with Crippen LogP contribution in [0.4, 0.5) is 5.69 Å². The number of nitro groups is 1. The van der Waals surface area contributed by atoms with Gasteiger partial charge in [0, 0.05) is 25.1 Å². The van der Waals surface area contributed by atoms with Crippen LogP contribution in [-0.4, -0.2) is 19.9 Å². The monoisotopic (exact) mass is 296 g/mol. The zero-order chi connectivity index (χ0) is 14.6. The topological polar surface area (TPSA) is 102 Å². The van der Waals surface area contributed by atoms with Gasteiger partial charge in [-0.1, -0.05) is 0 Å². The number of sulfonamides is 1.